The molecule has 84 valence electrons. The second-order valence-corrected chi connectivity index (χ2v) is 3.56. The normalized spacial score (nSPS) is 12.0. The molecule has 2 rings (SSSR count). The highest BCUT2D eigenvalue weighted by molar-refractivity contribution is 5.82. The molecular formula is C12H10F3N. The summed E-state index contributed by atoms with van der Waals surface area (Å²) in [6, 6.07) is 6.42. The Morgan fingerprint density at radius 1 is 1.25 bits per heavy atom. The van der Waals surface area contributed by atoms with Crippen LogP contribution >= 0.6 is 0 Å². The third kappa shape index (κ3) is 1.87. The van der Waals surface area contributed by atoms with Crippen molar-refractivity contribution in [2.45, 2.75) is 19.5 Å². The molecule has 4 heteroatoms. The minimum atomic E-state index is -4.33. The van der Waals surface area contributed by atoms with Crippen molar-refractivity contribution >= 4 is 10.9 Å². The number of pyridine rings is 1. The molecule has 0 radical (unpaired) electrons. The van der Waals surface area contributed by atoms with E-state index in [2.05, 4.69) is 4.98 Å². The smallest absolute Gasteiger partial charge is 0.255 e. The van der Waals surface area contributed by atoms with Crippen molar-refractivity contribution in [2.75, 3.05) is 0 Å². The maximum Gasteiger partial charge on any atom is 0.417 e. The SMILES string of the molecule is CCc1cccc2cc(C(F)(F)F)cnc12. The van der Waals surface area contributed by atoms with Crippen LogP contribution in [0.15, 0.2) is 30.5 Å². The molecule has 0 aliphatic heterocycles. The highest BCUT2D eigenvalue weighted by Gasteiger charge is 2.31. The Labute approximate surface area is 90.9 Å². The van der Waals surface area contributed by atoms with Gasteiger partial charge in [-0.25, -0.2) is 0 Å². The molecule has 0 unspecified atom stereocenters. The Balaban J connectivity index is 2.64. The van der Waals surface area contributed by atoms with Gasteiger partial charge < -0.3 is 0 Å². The molecule has 16 heavy (non-hydrogen) atoms. The predicted molar refractivity (Wildman–Crippen MR) is 56.1 cm³/mol. The summed E-state index contributed by atoms with van der Waals surface area (Å²) in [5.41, 5.74) is 0.914. The van der Waals surface area contributed by atoms with Crippen LogP contribution in [0.2, 0.25) is 0 Å². The fraction of sp³-hybridized carbons (Fsp3) is 0.250. The zero-order valence-corrected chi connectivity index (χ0v) is 8.67. The maximum absolute atomic E-state index is 12.5. The number of benzene rings is 1. The van der Waals surface area contributed by atoms with Gasteiger partial charge in [-0.1, -0.05) is 25.1 Å². The van der Waals surface area contributed by atoms with Crippen molar-refractivity contribution in [2.24, 2.45) is 0 Å². The lowest BCUT2D eigenvalue weighted by atomic mass is 10.1. The van der Waals surface area contributed by atoms with Crippen LogP contribution in [-0.4, -0.2) is 4.98 Å². The number of alkyl halides is 3. The van der Waals surface area contributed by atoms with Crippen LogP contribution in [0.4, 0.5) is 13.2 Å². The Morgan fingerprint density at radius 2 is 2.00 bits per heavy atom. The van der Waals surface area contributed by atoms with Crippen LogP contribution in [0.25, 0.3) is 10.9 Å². The molecule has 1 aromatic heterocycles. The quantitative estimate of drug-likeness (QED) is 0.719. The fourth-order valence-electron chi connectivity index (χ4n) is 1.66. The Hall–Kier alpha value is -1.58. The molecule has 1 nitrogen and oxygen atoms in total. The molecular weight excluding hydrogens is 215 g/mol. The van der Waals surface area contributed by atoms with Crippen molar-refractivity contribution in [1.29, 1.82) is 0 Å². The molecule has 1 aromatic carbocycles. The largest absolute Gasteiger partial charge is 0.417 e. The van der Waals surface area contributed by atoms with E-state index in [1.54, 1.807) is 12.1 Å². The maximum atomic E-state index is 12.5. The summed E-state index contributed by atoms with van der Waals surface area (Å²) in [5, 5.41) is 0.536. The highest BCUT2D eigenvalue weighted by atomic mass is 19.4. The first kappa shape index (κ1) is 10.9. The van der Waals surface area contributed by atoms with Gasteiger partial charge in [0.05, 0.1) is 11.1 Å². The monoisotopic (exact) mass is 225 g/mol. The van der Waals surface area contributed by atoms with E-state index in [1.165, 1.54) is 0 Å². The fourth-order valence-corrected chi connectivity index (χ4v) is 1.66. The van der Waals surface area contributed by atoms with Crippen molar-refractivity contribution in [3.63, 3.8) is 0 Å². The van der Waals surface area contributed by atoms with Gasteiger partial charge in [0, 0.05) is 11.6 Å². The van der Waals surface area contributed by atoms with Crippen LogP contribution in [0.1, 0.15) is 18.1 Å². The third-order valence-corrected chi connectivity index (χ3v) is 2.50. The van der Waals surface area contributed by atoms with E-state index in [0.29, 0.717) is 10.9 Å². The highest BCUT2D eigenvalue weighted by Crippen LogP contribution is 2.30. The minimum Gasteiger partial charge on any atom is -0.255 e. The standard InChI is InChI=1S/C12H10F3N/c1-2-8-4-3-5-9-6-10(12(13,14)15)7-16-11(8)9/h3-7H,2H2,1H3. The Kier molecular flexibility index (Phi) is 2.58. The van der Waals surface area contributed by atoms with Gasteiger partial charge >= 0.3 is 6.18 Å². The van der Waals surface area contributed by atoms with Crippen molar-refractivity contribution in [3.8, 4) is 0 Å². The summed E-state index contributed by atoms with van der Waals surface area (Å²) in [5.74, 6) is 0. The zero-order chi connectivity index (χ0) is 11.8. The van der Waals surface area contributed by atoms with E-state index in [-0.39, 0.29) is 0 Å². The average molecular weight is 225 g/mol. The lowest BCUT2D eigenvalue weighted by molar-refractivity contribution is -0.137. The number of halogens is 3. The van der Waals surface area contributed by atoms with E-state index < -0.39 is 11.7 Å². The number of rotatable bonds is 1. The number of fused-ring (bicyclic) bond motifs is 1. The molecule has 0 amide bonds. The van der Waals surface area contributed by atoms with Gasteiger partial charge in [0.25, 0.3) is 0 Å². The first-order chi connectivity index (χ1) is 7.52. The molecule has 0 saturated carbocycles. The van der Waals surface area contributed by atoms with Crippen molar-refractivity contribution in [1.82, 2.24) is 4.98 Å². The molecule has 0 atom stereocenters. The first-order valence-corrected chi connectivity index (χ1v) is 4.97. The van der Waals surface area contributed by atoms with Crippen molar-refractivity contribution < 1.29 is 13.2 Å². The lowest BCUT2D eigenvalue weighted by Gasteiger charge is -2.08. The summed E-state index contributed by atoms with van der Waals surface area (Å²) in [6.07, 6.45) is -2.68. The summed E-state index contributed by atoms with van der Waals surface area (Å²) in [7, 11) is 0. The van der Waals surface area contributed by atoms with Crippen LogP contribution in [0.5, 0.6) is 0 Å². The van der Waals surface area contributed by atoms with Gasteiger partial charge in [-0.2, -0.15) is 13.2 Å². The van der Waals surface area contributed by atoms with Gasteiger partial charge in [-0.05, 0) is 18.1 Å². The van der Waals surface area contributed by atoms with E-state index in [1.807, 2.05) is 13.0 Å². The number of nitrogens with zero attached hydrogens (tertiary/aromatic N) is 1. The minimum absolute atomic E-state index is 0.536. The zero-order valence-electron chi connectivity index (χ0n) is 8.67. The molecule has 0 N–H and O–H groups in total. The number of hydrogen-bond donors (Lipinski definition) is 0. The number of aromatic nitrogens is 1. The molecule has 0 bridgehead atoms. The van der Waals surface area contributed by atoms with Gasteiger partial charge in [0.2, 0.25) is 0 Å². The second kappa shape index (κ2) is 3.77. The first-order valence-electron chi connectivity index (χ1n) is 4.97. The molecule has 0 spiro atoms. The van der Waals surface area contributed by atoms with Crippen LogP contribution in [0.3, 0.4) is 0 Å². The van der Waals surface area contributed by atoms with Crippen molar-refractivity contribution in [3.05, 3.63) is 41.6 Å². The van der Waals surface area contributed by atoms with Crippen LogP contribution in [-0.2, 0) is 12.6 Å². The summed E-state index contributed by atoms with van der Waals surface area (Å²) >= 11 is 0. The van der Waals surface area contributed by atoms with E-state index in [9.17, 15) is 13.2 Å². The molecule has 0 aliphatic carbocycles. The van der Waals surface area contributed by atoms with Gasteiger partial charge in [0.1, 0.15) is 0 Å². The van der Waals surface area contributed by atoms with E-state index in [4.69, 9.17) is 0 Å². The molecule has 0 fully saturated rings. The van der Waals surface area contributed by atoms with E-state index >= 15 is 0 Å². The third-order valence-electron chi connectivity index (χ3n) is 2.50. The van der Waals surface area contributed by atoms with E-state index in [0.717, 1.165) is 24.2 Å². The predicted octanol–water partition coefficient (Wildman–Crippen LogP) is 3.82. The summed E-state index contributed by atoms with van der Waals surface area (Å²) < 4.78 is 37.4. The molecule has 2 aromatic rings. The summed E-state index contributed by atoms with van der Waals surface area (Å²) in [6.45, 7) is 1.95. The number of aryl methyl sites for hydroxylation is 1. The second-order valence-electron chi connectivity index (χ2n) is 3.56. The molecule has 1 heterocycles. The average Bonchev–Trinajstić information content (AvgIpc) is 2.26. The van der Waals surface area contributed by atoms with Gasteiger partial charge in [0.15, 0.2) is 0 Å². The van der Waals surface area contributed by atoms with Crippen LogP contribution in [0, 0.1) is 0 Å². The molecule has 0 aliphatic rings. The Morgan fingerprint density at radius 3 is 2.62 bits per heavy atom. The number of hydrogen-bond acceptors (Lipinski definition) is 1. The summed E-state index contributed by atoms with van der Waals surface area (Å²) in [4.78, 5) is 3.90. The van der Waals surface area contributed by atoms with Gasteiger partial charge in [-0.15, -0.1) is 0 Å². The Bertz CT molecular complexity index is 517. The topological polar surface area (TPSA) is 12.9 Å². The van der Waals surface area contributed by atoms with Gasteiger partial charge in [-0.3, -0.25) is 4.98 Å². The molecule has 0 saturated heterocycles. The van der Waals surface area contributed by atoms with Crippen LogP contribution < -0.4 is 0 Å². The number of para-hydroxylation sites is 1. The lowest BCUT2D eigenvalue weighted by Crippen LogP contribution is -2.05.